The second kappa shape index (κ2) is 10.1. The minimum atomic E-state index is -0.284. The normalized spacial score (nSPS) is 10.1. The van der Waals surface area contributed by atoms with Gasteiger partial charge >= 0.3 is 0 Å². The maximum atomic E-state index is 12.3. The second-order valence-corrected chi connectivity index (χ2v) is 7.86. The third-order valence-electron chi connectivity index (χ3n) is 3.93. The number of nitrogens with one attached hydrogen (secondary N) is 3. The summed E-state index contributed by atoms with van der Waals surface area (Å²) < 4.78 is 0.966. The van der Waals surface area contributed by atoms with Crippen LogP contribution in [0.1, 0.15) is 15.9 Å². The molecule has 5 nitrogen and oxygen atoms in total. The van der Waals surface area contributed by atoms with Crippen LogP contribution in [0.4, 0.5) is 11.4 Å². The van der Waals surface area contributed by atoms with Crippen molar-refractivity contribution in [3.63, 3.8) is 0 Å². The molecule has 0 heterocycles. The Balaban J connectivity index is 1.57. The highest BCUT2D eigenvalue weighted by molar-refractivity contribution is 14.1. The third kappa shape index (κ3) is 6.65. The Bertz CT molecular complexity index is 1040. The fourth-order valence-electron chi connectivity index (χ4n) is 2.63. The van der Waals surface area contributed by atoms with Gasteiger partial charge < -0.3 is 10.6 Å². The van der Waals surface area contributed by atoms with Gasteiger partial charge in [0.1, 0.15) is 0 Å². The number of carbonyl (C=O) groups excluding carboxylic acids is 2. The molecule has 2 amide bonds. The fourth-order valence-corrected chi connectivity index (χ4v) is 3.38. The van der Waals surface area contributed by atoms with E-state index in [-0.39, 0.29) is 16.9 Å². The molecular weight excluding hydrogens is 497 g/mol. The van der Waals surface area contributed by atoms with E-state index in [2.05, 4.69) is 38.5 Å². The van der Waals surface area contributed by atoms with Crippen molar-refractivity contribution in [2.45, 2.75) is 6.42 Å². The van der Waals surface area contributed by atoms with Crippen molar-refractivity contribution in [2.24, 2.45) is 0 Å². The quantitative estimate of drug-likeness (QED) is 0.343. The fraction of sp³-hybridized carbons (Fsp3) is 0.0455. The first-order valence-corrected chi connectivity index (χ1v) is 10.3. The number of amides is 2. The Morgan fingerprint density at radius 3 is 2.24 bits per heavy atom. The van der Waals surface area contributed by atoms with Crippen LogP contribution in [0.15, 0.2) is 78.9 Å². The van der Waals surface area contributed by atoms with Crippen molar-refractivity contribution in [3.8, 4) is 0 Å². The van der Waals surface area contributed by atoms with Crippen LogP contribution in [0.2, 0.25) is 0 Å². The van der Waals surface area contributed by atoms with Gasteiger partial charge in [-0.25, -0.2) is 0 Å². The van der Waals surface area contributed by atoms with Gasteiger partial charge in [0.05, 0.1) is 6.42 Å². The number of rotatable bonds is 5. The van der Waals surface area contributed by atoms with Gasteiger partial charge in [-0.15, -0.1) is 0 Å². The molecule has 0 aromatic heterocycles. The summed E-state index contributed by atoms with van der Waals surface area (Å²) in [5, 5.41) is 8.67. The van der Waals surface area contributed by atoms with Crippen LogP contribution in [0.3, 0.4) is 0 Å². The minimum absolute atomic E-state index is 0.108. The van der Waals surface area contributed by atoms with Crippen LogP contribution in [-0.4, -0.2) is 16.9 Å². The Morgan fingerprint density at radius 2 is 1.52 bits per heavy atom. The molecule has 0 aliphatic carbocycles. The van der Waals surface area contributed by atoms with E-state index in [1.165, 1.54) is 0 Å². The summed E-state index contributed by atoms with van der Waals surface area (Å²) >= 11 is 7.38. The zero-order valence-electron chi connectivity index (χ0n) is 15.3. The van der Waals surface area contributed by atoms with E-state index in [0.29, 0.717) is 23.4 Å². The summed E-state index contributed by atoms with van der Waals surface area (Å²) in [5.74, 6) is -0.392. The number of thiocarbonyl (C=S) groups is 1. The van der Waals surface area contributed by atoms with Gasteiger partial charge in [0.2, 0.25) is 5.91 Å². The molecule has 0 radical (unpaired) electrons. The van der Waals surface area contributed by atoms with Crippen LogP contribution in [0, 0.1) is 3.57 Å². The predicted octanol–water partition coefficient (Wildman–Crippen LogP) is 4.60. The maximum Gasteiger partial charge on any atom is 0.257 e. The smallest absolute Gasteiger partial charge is 0.257 e. The lowest BCUT2D eigenvalue weighted by molar-refractivity contribution is -0.115. The minimum Gasteiger partial charge on any atom is -0.332 e. The van der Waals surface area contributed by atoms with E-state index in [1.54, 1.807) is 36.4 Å². The number of halogens is 1. The molecular formula is C22H18IN3O2S. The molecule has 146 valence electrons. The second-order valence-electron chi connectivity index (χ2n) is 6.21. The van der Waals surface area contributed by atoms with Crippen molar-refractivity contribution in [2.75, 3.05) is 10.6 Å². The van der Waals surface area contributed by atoms with E-state index < -0.39 is 0 Å². The first-order valence-electron chi connectivity index (χ1n) is 8.81. The summed E-state index contributed by atoms with van der Waals surface area (Å²) in [4.78, 5) is 24.5. The summed E-state index contributed by atoms with van der Waals surface area (Å²) in [6.45, 7) is 0. The number of hydrogen-bond acceptors (Lipinski definition) is 3. The van der Waals surface area contributed by atoms with Gasteiger partial charge in [-0.05, 0) is 76.8 Å². The molecule has 3 N–H and O–H groups in total. The zero-order chi connectivity index (χ0) is 20.6. The molecule has 0 atom stereocenters. The van der Waals surface area contributed by atoms with E-state index in [4.69, 9.17) is 12.2 Å². The lowest BCUT2D eigenvalue weighted by Gasteiger charge is -2.11. The van der Waals surface area contributed by atoms with Gasteiger partial charge in [0.25, 0.3) is 5.91 Å². The van der Waals surface area contributed by atoms with Crippen molar-refractivity contribution in [1.82, 2.24) is 5.32 Å². The zero-order valence-corrected chi connectivity index (χ0v) is 18.3. The standard InChI is InChI=1S/C22H18IN3O2S/c23-17-9-4-8-16(13-17)21(28)26-22(29)25-19-11-5-10-18(14-19)24-20(27)12-15-6-2-1-3-7-15/h1-11,13-14H,12H2,(H,24,27)(H2,25,26,28,29). The largest absolute Gasteiger partial charge is 0.332 e. The lowest BCUT2D eigenvalue weighted by atomic mass is 10.1. The Hall–Kier alpha value is -2.78. The molecule has 3 aromatic carbocycles. The van der Waals surface area contributed by atoms with Gasteiger partial charge in [-0.2, -0.15) is 0 Å². The van der Waals surface area contributed by atoms with Crippen LogP contribution >= 0.6 is 34.8 Å². The van der Waals surface area contributed by atoms with Crippen LogP contribution in [0.25, 0.3) is 0 Å². The van der Waals surface area contributed by atoms with Crippen molar-refractivity contribution in [1.29, 1.82) is 0 Å². The van der Waals surface area contributed by atoms with Gasteiger partial charge in [0, 0.05) is 20.5 Å². The molecule has 0 saturated carbocycles. The summed E-state index contributed by atoms with van der Waals surface area (Å²) in [6, 6.07) is 23.9. The monoisotopic (exact) mass is 515 g/mol. The Kier molecular flexibility index (Phi) is 7.31. The van der Waals surface area contributed by atoms with E-state index >= 15 is 0 Å². The molecule has 3 aromatic rings. The predicted molar refractivity (Wildman–Crippen MR) is 128 cm³/mol. The molecule has 0 fully saturated rings. The highest BCUT2D eigenvalue weighted by Crippen LogP contribution is 2.16. The molecule has 0 aliphatic heterocycles. The van der Waals surface area contributed by atoms with Crippen LogP contribution in [0.5, 0.6) is 0 Å². The Labute approximate surface area is 188 Å². The average molecular weight is 515 g/mol. The highest BCUT2D eigenvalue weighted by Gasteiger charge is 2.09. The van der Waals surface area contributed by atoms with E-state index in [9.17, 15) is 9.59 Å². The number of hydrogen-bond donors (Lipinski definition) is 3. The molecule has 29 heavy (non-hydrogen) atoms. The lowest BCUT2D eigenvalue weighted by Crippen LogP contribution is -2.34. The molecule has 3 rings (SSSR count). The average Bonchev–Trinajstić information content (AvgIpc) is 2.68. The molecule has 0 saturated heterocycles. The molecule has 7 heteroatoms. The van der Waals surface area contributed by atoms with E-state index in [0.717, 1.165) is 9.13 Å². The molecule has 0 bridgehead atoms. The summed E-state index contributed by atoms with van der Waals surface area (Å²) in [7, 11) is 0. The van der Waals surface area contributed by atoms with Gasteiger partial charge in [-0.1, -0.05) is 42.5 Å². The van der Waals surface area contributed by atoms with Crippen LogP contribution in [-0.2, 0) is 11.2 Å². The highest BCUT2D eigenvalue weighted by atomic mass is 127. The third-order valence-corrected chi connectivity index (χ3v) is 4.80. The first-order chi connectivity index (χ1) is 14.0. The first kappa shape index (κ1) is 20.9. The van der Waals surface area contributed by atoms with Gasteiger partial charge in [-0.3, -0.25) is 14.9 Å². The molecule has 0 unspecified atom stereocenters. The molecule has 0 spiro atoms. The molecule has 0 aliphatic rings. The van der Waals surface area contributed by atoms with Crippen molar-refractivity contribution >= 4 is 63.1 Å². The number of anilines is 2. The summed E-state index contributed by atoms with van der Waals surface area (Å²) in [5.41, 5.74) is 2.78. The maximum absolute atomic E-state index is 12.3. The number of benzene rings is 3. The van der Waals surface area contributed by atoms with Crippen LogP contribution < -0.4 is 16.0 Å². The SMILES string of the molecule is O=C(Cc1ccccc1)Nc1cccc(NC(=S)NC(=O)c2cccc(I)c2)c1. The Morgan fingerprint density at radius 1 is 0.828 bits per heavy atom. The van der Waals surface area contributed by atoms with Crippen molar-refractivity contribution in [3.05, 3.63) is 93.6 Å². The summed E-state index contributed by atoms with van der Waals surface area (Å²) in [6.07, 6.45) is 0.294. The van der Waals surface area contributed by atoms with Gasteiger partial charge in [0.15, 0.2) is 5.11 Å². The van der Waals surface area contributed by atoms with E-state index in [1.807, 2.05) is 42.5 Å². The van der Waals surface area contributed by atoms with Crippen molar-refractivity contribution < 1.29 is 9.59 Å². The topological polar surface area (TPSA) is 70.2 Å². The number of carbonyl (C=O) groups is 2.